The van der Waals surface area contributed by atoms with E-state index in [0.717, 1.165) is 17.2 Å². The molecule has 0 spiro atoms. The van der Waals surface area contributed by atoms with Gasteiger partial charge in [-0.2, -0.15) is 0 Å². The molecule has 1 fully saturated rings. The summed E-state index contributed by atoms with van der Waals surface area (Å²) in [5.74, 6) is 0. The van der Waals surface area contributed by atoms with Gasteiger partial charge in [0.25, 0.3) is 5.56 Å². The van der Waals surface area contributed by atoms with Crippen molar-refractivity contribution < 1.29 is 34.4 Å². The van der Waals surface area contributed by atoms with Gasteiger partial charge in [-0.15, -0.1) is 0 Å². The average Bonchev–Trinajstić information content (AvgIpc) is 3.01. The molecule has 3 rings (SSSR count). The molecule has 0 radical (unpaired) electrons. The normalized spacial score (nSPS) is 31.8. The molecule has 2 aromatic rings. The summed E-state index contributed by atoms with van der Waals surface area (Å²) in [4.78, 5) is 40.2. The number of hydrogen-bond donors (Lipinski definition) is 6. The van der Waals surface area contributed by atoms with Gasteiger partial charge in [-0.3, -0.25) is 13.9 Å². The zero-order valence-corrected chi connectivity index (χ0v) is 12.2. The Labute approximate surface area is 127 Å². The first-order chi connectivity index (χ1) is 10.7. The van der Waals surface area contributed by atoms with Crippen molar-refractivity contribution >= 4 is 18.8 Å². The molecular weight excluding hydrogens is 335 g/mol. The Morgan fingerprint density at radius 2 is 2.13 bits per heavy atom. The Balaban J connectivity index is 2.13. The molecule has 1 saturated heterocycles. The quantitative estimate of drug-likeness (QED) is 0.317. The number of fused-ring (bicyclic) bond motifs is 1. The summed E-state index contributed by atoms with van der Waals surface area (Å²) in [7, 11) is -5.26. The second-order valence-corrected chi connectivity index (χ2v) is 6.83. The van der Waals surface area contributed by atoms with Crippen molar-refractivity contribution in [3.8, 4) is 0 Å². The average molecular weight is 348 g/mol. The predicted octanol–water partition coefficient (Wildman–Crippen LogP) is -2.76. The molecule has 0 amide bonds. The fraction of sp³-hybridized carbons (Fsp3) is 0.500. The van der Waals surface area contributed by atoms with Crippen LogP contribution in [0.25, 0.3) is 11.2 Å². The van der Waals surface area contributed by atoms with E-state index in [1.807, 2.05) is 0 Å². The number of aromatic nitrogens is 4. The van der Waals surface area contributed by atoms with E-state index in [0.29, 0.717) is 0 Å². The highest BCUT2D eigenvalue weighted by atomic mass is 31.2. The van der Waals surface area contributed by atoms with Gasteiger partial charge in [-0.1, -0.05) is 0 Å². The van der Waals surface area contributed by atoms with Crippen LogP contribution in [-0.4, -0.2) is 68.8 Å². The largest absolute Gasteiger partial charge is 0.394 e. The van der Waals surface area contributed by atoms with E-state index in [2.05, 4.69) is 15.0 Å². The van der Waals surface area contributed by atoms with E-state index in [4.69, 9.17) is 4.74 Å². The van der Waals surface area contributed by atoms with Gasteiger partial charge < -0.3 is 34.8 Å². The summed E-state index contributed by atoms with van der Waals surface area (Å²) in [6.07, 6.45) is -3.21. The van der Waals surface area contributed by atoms with Crippen LogP contribution in [0.4, 0.5) is 0 Å². The number of imidazole rings is 1. The summed E-state index contributed by atoms with van der Waals surface area (Å²) in [6.45, 7) is -0.949. The van der Waals surface area contributed by atoms with E-state index >= 15 is 0 Å². The van der Waals surface area contributed by atoms with E-state index in [1.54, 1.807) is 0 Å². The number of H-pyrrole nitrogens is 1. The van der Waals surface area contributed by atoms with E-state index in [9.17, 15) is 34.5 Å². The first-order valence-electron chi connectivity index (χ1n) is 6.34. The van der Waals surface area contributed by atoms with Gasteiger partial charge in [0.05, 0.1) is 19.3 Å². The maximum atomic E-state index is 11.6. The lowest BCUT2D eigenvalue weighted by Gasteiger charge is -2.30. The Morgan fingerprint density at radius 1 is 1.43 bits per heavy atom. The van der Waals surface area contributed by atoms with Crippen LogP contribution in [0.2, 0.25) is 0 Å². The first-order valence-corrected chi connectivity index (χ1v) is 7.95. The monoisotopic (exact) mass is 348 g/mol. The molecule has 1 aliphatic rings. The fourth-order valence-corrected chi connectivity index (χ4v) is 3.54. The van der Waals surface area contributed by atoms with Crippen LogP contribution < -0.4 is 5.56 Å². The van der Waals surface area contributed by atoms with Gasteiger partial charge in [0.2, 0.25) is 5.34 Å². The minimum Gasteiger partial charge on any atom is -0.394 e. The second kappa shape index (κ2) is 5.18. The van der Waals surface area contributed by atoms with Gasteiger partial charge in [0.1, 0.15) is 12.2 Å². The molecule has 23 heavy (non-hydrogen) atoms. The molecule has 0 aromatic carbocycles. The highest BCUT2D eigenvalue weighted by molar-refractivity contribution is 7.53. The third kappa shape index (κ3) is 2.16. The number of aliphatic hydroxyl groups is 3. The van der Waals surface area contributed by atoms with Gasteiger partial charge >= 0.3 is 7.60 Å². The van der Waals surface area contributed by atoms with Crippen LogP contribution >= 0.6 is 7.60 Å². The molecular formula is C10H13N4O8P. The van der Waals surface area contributed by atoms with Crippen molar-refractivity contribution in [3.05, 3.63) is 23.0 Å². The summed E-state index contributed by atoms with van der Waals surface area (Å²) in [6, 6.07) is 0. The standard InChI is InChI=1S/C10H13N4O8P/c15-1-4-10(18,23(19,20)21)6(16)9(22-4)14-3-13-5-7(14)11-2-12-8(5)17/h2-4,6,9,15-16,18H,1H2,(H,11,12,17)(H2,19,20,21)/t4-,6-,9-,10-/m1/s1. The number of hydrogen-bond acceptors (Lipinski definition) is 8. The molecule has 1 aliphatic heterocycles. The van der Waals surface area contributed by atoms with Gasteiger partial charge in [0.15, 0.2) is 17.4 Å². The maximum Gasteiger partial charge on any atom is 0.362 e. The summed E-state index contributed by atoms with van der Waals surface area (Å²) >= 11 is 0. The number of aliphatic hydroxyl groups excluding tert-OH is 2. The van der Waals surface area contributed by atoms with E-state index < -0.39 is 43.5 Å². The van der Waals surface area contributed by atoms with Crippen molar-refractivity contribution in [2.45, 2.75) is 23.8 Å². The van der Waals surface area contributed by atoms with Gasteiger partial charge in [-0.05, 0) is 0 Å². The lowest BCUT2D eigenvalue weighted by Crippen LogP contribution is -2.48. The molecule has 0 aliphatic carbocycles. The van der Waals surface area contributed by atoms with Crippen molar-refractivity contribution in [3.63, 3.8) is 0 Å². The van der Waals surface area contributed by atoms with Crippen molar-refractivity contribution in [2.24, 2.45) is 0 Å². The predicted molar refractivity (Wildman–Crippen MR) is 72.1 cm³/mol. The molecule has 126 valence electrons. The van der Waals surface area contributed by atoms with E-state index in [1.165, 1.54) is 0 Å². The van der Waals surface area contributed by atoms with E-state index in [-0.39, 0.29) is 11.2 Å². The molecule has 6 N–H and O–H groups in total. The highest BCUT2D eigenvalue weighted by Crippen LogP contribution is 2.59. The Hall–Kier alpha value is -1.66. The third-order valence-corrected chi connectivity index (χ3v) is 5.24. The SMILES string of the molecule is O=c1[nH]cnc2c1ncn2[C@@H]1O[C@H](CO)[C@@](O)(P(=O)(O)O)[C@@H]1O. The molecule has 13 heteroatoms. The zero-order chi connectivity index (χ0) is 17.0. The summed E-state index contributed by atoms with van der Waals surface area (Å²) in [5.41, 5.74) is -0.676. The maximum absolute atomic E-state index is 11.6. The van der Waals surface area contributed by atoms with Crippen molar-refractivity contribution in [1.82, 2.24) is 19.5 Å². The minimum absolute atomic E-state index is 0.0237. The zero-order valence-electron chi connectivity index (χ0n) is 11.3. The number of ether oxygens (including phenoxy) is 1. The number of rotatable bonds is 3. The van der Waals surface area contributed by atoms with Crippen molar-refractivity contribution in [1.29, 1.82) is 0 Å². The van der Waals surface area contributed by atoms with Crippen LogP contribution in [-0.2, 0) is 9.30 Å². The lowest BCUT2D eigenvalue weighted by atomic mass is 10.1. The smallest absolute Gasteiger partial charge is 0.362 e. The number of aromatic amines is 1. The Kier molecular flexibility index (Phi) is 3.65. The molecule has 0 bridgehead atoms. The van der Waals surface area contributed by atoms with Crippen molar-refractivity contribution in [2.75, 3.05) is 6.61 Å². The topological polar surface area (TPSA) is 191 Å². The molecule has 0 unspecified atom stereocenters. The van der Waals surface area contributed by atoms with Gasteiger partial charge in [-0.25, -0.2) is 9.97 Å². The van der Waals surface area contributed by atoms with Gasteiger partial charge in [0, 0.05) is 0 Å². The highest BCUT2D eigenvalue weighted by Gasteiger charge is 2.65. The van der Waals surface area contributed by atoms with Crippen LogP contribution in [0, 0.1) is 0 Å². The first kappa shape index (κ1) is 16.2. The molecule has 3 heterocycles. The molecule has 0 saturated carbocycles. The second-order valence-electron chi connectivity index (χ2n) is 5.03. The fourth-order valence-electron chi connectivity index (χ4n) is 2.55. The number of nitrogens with one attached hydrogen (secondary N) is 1. The minimum atomic E-state index is -5.26. The molecule has 12 nitrogen and oxygen atoms in total. The van der Waals surface area contributed by atoms with Crippen LogP contribution in [0.5, 0.6) is 0 Å². The third-order valence-electron chi connectivity index (χ3n) is 3.75. The molecule has 2 aromatic heterocycles. The van der Waals surface area contributed by atoms with Crippen LogP contribution in [0.1, 0.15) is 6.23 Å². The lowest BCUT2D eigenvalue weighted by molar-refractivity contribution is -0.0594. The van der Waals surface area contributed by atoms with Crippen LogP contribution in [0.3, 0.4) is 0 Å². The summed E-state index contributed by atoms with van der Waals surface area (Å²) < 4.78 is 17.8. The summed E-state index contributed by atoms with van der Waals surface area (Å²) in [5, 5.41) is 26.6. The Morgan fingerprint density at radius 3 is 2.70 bits per heavy atom. The number of nitrogens with zero attached hydrogens (tertiary/aromatic N) is 3. The Bertz CT molecular complexity index is 845. The molecule has 4 atom stereocenters. The van der Waals surface area contributed by atoms with Crippen LogP contribution in [0.15, 0.2) is 17.4 Å².